The molecule has 0 saturated heterocycles. The molecule has 2 nitrogen and oxygen atoms in total. The van der Waals surface area contributed by atoms with Gasteiger partial charge in [0.2, 0.25) is 0 Å². The Labute approximate surface area is 70.4 Å². The summed E-state index contributed by atoms with van der Waals surface area (Å²) in [5, 5.41) is 9.02. The van der Waals surface area contributed by atoms with Crippen molar-refractivity contribution in [1.29, 1.82) is 0 Å². The smallest absolute Gasteiger partial charge is 0.144 e. The first kappa shape index (κ1) is 8.53. The average Bonchev–Trinajstić information content (AvgIpc) is 2.03. The number of hydrogen-bond donors (Lipinski definition) is 1. The standard InChI is InChI=1S/C8H9ClO2/c9-8-4-2-1-3-7(8)5-11-6-10/h1-4,10H,5-6H2. The highest BCUT2D eigenvalue weighted by atomic mass is 35.5. The Balaban J connectivity index is 2.62. The van der Waals surface area contributed by atoms with Crippen LogP contribution in [0.15, 0.2) is 24.3 Å². The van der Waals surface area contributed by atoms with Gasteiger partial charge in [-0.05, 0) is 11.6 Å². The van der Waals surface area contributed by atoms with Crippen LogP contribution in [0.25, 0.3) is 0 Å². The second-order valence-corrected chi connectivity index (χ2v) is 2.48. The lowest BCUT2D eigenvalue weighted by atomic mass is 10.2. The molecule has 0 unspecified atom stereocenters. The van der Waals surface area contributed by atoms with Crippen molar-refractivity contribution in [2.24, 2.45) is 0 Å². The van der Waals surface area contributed by atoms with E-state index in [1.165, 1.54) is 0 Å². The SMILES string of the molecule is OCOCc1ccccc1Cl. The van der Waals surface area contributed by atoms with Crippen molar-refractivity contribution >= 4 is 11.6 Å². The van der Waals surface area contributed by atoms with Crippen LogP contribution in [-0.4, -0.2) is 11.9 Å². The van der Waals surface area contributed by atoms with Crippen molar-refractivity contribution in [2.75, 3.05) is 6.79 Å². The van der Waals surface area contributed by atoms with Crippen LogP contribution in [0.4, 0.5) is 0 Å². The fourth-order valence-corrected chi connectivity index (χ4v) is 0.961. The Kier molecular flexibility index (Phi) is 3.36. The molecule has 0 atom stereocenters. The lowest BCUT2D eigenvalue weighted by Crippen LogP contribution is -1.93. The van der Waals surface area contributed by atoms with E-state index in [2.05, 4.69) is 0 Å². The molecular formula is C8H9ClO2. The maximum Gasteiger partial charge on any atom is 0.144 e. The molecule has 0 amide bonds. The molecule has 0 spiro atoms. The van der Waals surface area contributed by atoms with Gasteiger partial charge in [-0.2, -0.15) is 0 Å². The van der Waals surface area contributed by atoms with Crippen LogP contribution in [0.3, 0.4) is 0 Å². The lowest BCUT2D eigenvalue weighted by Gasteiger charge is -2.01. The van der Waals surface area contributed by atoms with Crippen molar-refractivity contribution in [1.82, 2.24) is 0 Å². The van der Waals surface area contributed by atoms with E-state index in [1.807, 2.05) is 18.2 Å². The minimum atomic E-state index is -0.273. The van der Waals surface area contributed by atoms with Crippen molar-refractivity contribution < 1.29 is 9.84 Å². The third-order valence-electron chi connectivity index (χ3n) is 1.31. The summed E-state index contributed by atoms with van der Waals surface area (Å²) < 4.78 is 4.77. The van der Waals surface area contributed by atoms with Gasteiger partial charge >= 0.3 is 0 Å². The van der Waals surface area contributed by atoms with Gasteiger partial charge < -0.3 is 9.84 Å². The summed E-state index contributed by atoms with van der Waals surface area (Å²) in [6, 6.07) is 7.38. The molecule has 11 heavy (non-hydrogen) atoms. The zero-order valence-electron chi connectivity index (χ0n) is 5.96. The fraction of sp³-hybridized carbons (Fsp3) is 0.250. The molecule has 1 N–H and O–H groups in total. The Morgan fingerprint density at radius 3 is 2.73 bits per heavy atom. The van der Waals surface area contributed by atoms with Crippen LogP contribution < -0.4 is 0 Å². The third-order valence-corrected chi connectivity index (χ3v) is 1.68. The van der Waals surface area contributed by atoms with Gasteiger partial charge in [0, 0.05) is 5.02 Å². The molecule has 0 aliphatic rings. The summed E-state index contributed by atoms with van der Waals surface area (Å²) in [7, 11) is 0. The number of hydrogen-bond acceptors (Lipinski definition) is 2. The van der Waals surface area contributed by atoms with Gasteiger partial charge in [0.25, 0.3) is 0 Å². The number of aliphatic hydroxyl groups is 1. The largest absolute Gasteiger partial charge is 0.371 e. The maximum atomic E-state index is 8.35. The lowest BCUT2D eigenvalue weighted by molar-refractivity contribution is -0.0112. The molecule has 0 heterocycles. The Hall–Kier alpha value is -0.570. The second-order valence-electron chi connectivity index (χ2n) is 2.07. The van der Waals surface area contributed by atoms with Gasteiger partial charge in [-0.25, -0.2) is 0 Å². The molecule has 0 aliphatic heterocycles. The first-order valence-electron chi connectivity index (χ1n) is 3.26. The highest BCUT2D eigenvalue weighted by molar-refractivity contribution is 6.31. The molecule has 1 rings (SSSR count). The second kappa shape index (κ2) is 4.34. The van der Waals surface area contributed by atoms with Gasteiger partial charge in [-0.3, -0.25) is 0 Å². The monoisotopic (exact) mass is 172 g/mol. The van der Waals surface area contributed by atoms with Gasteiger partial charge in [0.1, 0.15) is 6.79 Å². The van der Waals surface area contributed by atoms with Gasteiger partial charge in [-0.15, -0.1) is 0 Å². The van der Waals surface area contributed by atoms with E-state index >= 15 is 0 Å². The molecule has 60 valence electrons. The van der Waals surface area contributed by atoms with Crippen molar-refractivity contribution in [2.45, 2.75) is 6.61 Å². The first-order valence-corrected chi connectivity index (χ1v) is 3.64. The van der Waals surface area contributed by atoms with Crippen molar-refractivity contribution in [3.05, 3.63) is 34.9 Å². The highest BCUT2D eigenvalue weighted by Gasteiger charge is 1.96. The van der Waals surface area contributed by atoms with Crippen LogP contribution in [0.5, 0.6) is 0 Å². The zero-order valence-corrected chi connectivity index (χ0v) is 6.71. The summed E-state index contributed by atoms with van der Waals surface area (Å²) in [6.07, 6.45) is 0. The summed E-state index contributed by atoms with van der Waals surface area (Å²) in [5.74, 6) is 0. The quantitative estimate of drug-likeness (QED) is 0.705. The number of rotatable bonds is 3. The van der Waals surface area contributed by atoms with Gasteiger partial charge in [-0.1, -0.05) is 29.8 Å². The minimum Gasteiger partial charge on any atom is -0.371 e. The van der Waals surface area contributed by atoms with Gasteiger partial charge in [0.05, 0.1) is 6.61 Å². The molecule has 0 radical (unpaired) electrons. The molecule has 0 aliphatic carbocycles. The van der Waals surface area contributed by atoms with Crippen molar-refractivity contribution in [3.63, 3.8) is 0 Å². The zero-order chi connectivity index (χ0) is 8.10. The van der Waals surface area contributed by atoms with Crippen LogP contribution in [0.1, 0.15) is 5.56 Å². The van der Waals surface area contributed by atoms with Crippen molar-refractivity contribution in [3.8, 4) is 0 Å². The maximum absolute atomic E-state index is 8.35. The van der Waals surface area contributed by atoms with E-state index in [1.54, 1.807) is 6.07 Å². The van der Waals surface area contributed by atoms with Crippen LogP contribution >= 0.6 is 11.6 Å². The predicted octanol–water partition coefficient (Wildman–Crippen LogP) is 1.81. The summed E-state index contributed by atoms with van der Waals surface area (Å²) in [6.45, 7) is 0.0847. The van der Waals surface area contributed by atoms with E-state index in [-0.39, 0.29) is 6.79 Å². The normalized spacial score (nSPS) is 10.0. The van der Waals surface area contributed by atoms with E-state index in [4.69, 9.17) is 21.4 Å². The minimum absolute atomic E-state index is 0.273. The Morgan fingerprint density at radius 2 is 2.09 bits per heavy atom. The average molecular weight is 173 g/mol. The van der Waals surface area contributed by atoms with E-state index < -0.39 is 0 Å². The van der Waals surface area contributed by atoms with Crippen LogP contribution in [0.2, 0.25) is 5.02 Å². The molecule has 0 fully saturated rings. The summed E-state index contributed by atoms with van der Waals surface area (Å²) in [5.41, 5.74) is 0.892. The molecule has 0 bridgehead atoms. The van der Waals surface area contributed by atoms with E-state index in [0.29, 0.717) is 11.6 Å². The molecule has 0 aromatic heterocycles. The molecule has 0 saturated carbocycles. The number of benzene rings is 1. The summed E-state index contributed by atoms with van der Waals surface area (Å²) in [4.78, 5) is 0. The number of halogens is 1. The van der Waals surface area contributed by atoms with Gasteiger partial charge in [0.15, 0.2) is 0 Å². The predicted molar refractivity (Wildman–Crippen MR) is 43.3 cm³/mol. The van der Waals surface area contributed by atoms with E-state index in [9.17, 15) is 0 Å². The summed E-state index contributed by atoms with van der Waals surface area (Å²) >= 11 is 5.80. The van der Waals surface area contributed by atoms with Crippen LogP contribution in [-0.2, 0) is 11.3 Å². The molecule has 1 aromatic carbocycles. The van der Waals surface area contributed by atoms with Crippen LogP contribution in [0, 0.1) is 0 Å². The fourth-order valence-electron chi connectivity index (χ4n) is 0.771. The number of aliphatic hydroxyl groups excluding tert-OH is 1. The Morgan fingerprint density at radius 1 is 1.36 bits per heavy atom. The molecule has 3 heteroatoms. The third kappa shape index (κ3) is 2.50. The molecular weight excluding hydrogens is 164 g/mol. The Bertz CT molecular complexity index is 225. The van der Waals surface area contributed by atoms with E-state index in [0.717, 1.165) is 5.56 Å². The number of ether oxygens (including phenoxy) is 1. The molecule has 1 aromatic rings. The topological polar surface area (TPSA) is 29.5 Å². The first-order chi connectivity index (χ1) is 5.34. The highest BCUT2D eigenvalue weighted by Crippen LogP contribution is 2.15.